The molecule has 0 saturated heterocycles. The summed E-state index contributed by atoms with van der Waals surface area (Å²) < 4.78 is 0. The fourth-order valence-corrected chi connectivity index (χ4v) is 2.99. The van der Waals surface area contributed by atoms with Gasteiger partial charge in [-0.3, -0.25) is 0 Å². The summed E-state index contributed by atoms with van der Waals surface area (Å²) in [5, 5.41) is 14.7. The highest BCUT2D eigenvalue weighted by molar-refractivity contribution is 7.10. The third-order valence-electron chi connectivity index (χ3n) is 3.20. The highest BCUT2D eigenvalue weighted by Gasteiger charge is 2.25. The Balaban J connectivity index is 1.85. The van der Waals surface area contributed by atoms with Crippen LogP contribution < -0.4 is 11.1 Å². The first-order valence-electron chi connectivity index (χ1n) is 5.47. The summed E-state index contributed by atoms with van der Waals surface area (Å²) in [6.45, 7) is 1.14. The molecule has 4 N–H and O–H groups in total. The van der Waals surface area contributed by atoms with Crippen LogP contribution in [0.15, 0.2) is 11.4 Å². The molecule has 2 unspecified atom stereocenters. The lowest BCUT2D eigenvalue weighted by Gasteiger charge is -2.18. The van der Waals surface area contributed by atoms with Crippen molar-refractivity contribution >= 4 is 17.0 Å². The zero-order chi connectivity index (χ0) is 10.7. The Morgan fingerprint density at radius 3 is 3.07 bits per heavy atom. The van der Waals surface area contributed by atoms with Crippen LogP contribution in [0.3, 0.4) is 0 Å². The van der Waals surface area contributed by atoms with E-state index in [1.807, 2.05) is 11.4 Å². The summed E-state index contributed by atoms with van der Waals surface area (Å²) in [5.41, 5.74) is 6.69. The number of nitrogens with two attached hydrogens (primary N) is 1. The minimum absolute atomic E-state index is 0.303. The monoisotopic (exact) mass is 226 g/mol. The number of nitrogen functional groups attached to an aromatic ring is 1. The van der Waals surface area contributed by atoms with Crippen molar-refractivity contribution in [1.82, 2.24) is 5.32 Å². The second kappa shape index (κ2) is 4.96. The third-order valence-corrected chi connectivity index (χ3v) is 4.13. The van der Waals surface area contributed by atoms with Crippen LogP contribution in [-0.2, 0) is 6.54 Å². The van der Waals surface area contributed by atoms with E-state index in [1.54, 1.807) is 11.3 Å². The van der Waals surface area contributed by atoms with E-state index >= 15 is 0 Å². The largest absolute Gasteiger partial charge is 0.398 e. The second-order valence-electron chi connectivity index (χ2n) is 4.16. The standard InChI is InChI=1S/C11H18N2OS/c12-9-4-5-15-11(9)6-13-10-3-1-2-8(10)7-14/h4-5,8,10,13-14H,1-3,6-7,12H2. The van der Waals surface area contributed by atoms with Crippen LogP contribution in [-0.4, -0.2) is 17.8 Å². The van der Waals surface area contributed by atoms with Crippen LogP contribution >= 0.6 is 11.3 Å². The van der Waals surface area contributed by atoms with Gasteiger partial charge in [-0.1, -0.05) is 6.42 Å². The predicted octanol–water partition coefficient (Wildman–Crippen LogP) is 1.58. The van der Waals surface area contributed by atoms with Crippen molar-refractivity contribution in [3.05, 3.63) is 16.3 Å². The molecule has 0 aliphatic heterocycles. The molecule has 4 heteroatoms. The number of aliphatic hydroxyl groups excluding tert-OH is 1. The lowest BCUT2D eigenvalue weighted by molar-refractivity contribution is 0.205. The van der Waals surface area contributed by atoms with Crippen LogP contribution in [0, 0.1) is 5.92 Å². The number of rotatable bonds is 4. The molecule has 0 radical (unpaired) electrons. The van der Waals surface area contributed by atoms with E-state index in [2.05, 4.69) is 5.32 Å². The maximum atomic E-state index is 9.19. The molecule has 1 aromatic heterocycles. The summed E-state index contributed by atoms with van der Waals surface area (Å²) in [6, 6.07) is 2.41. The molecular formula is C11H18N2OS. The summed E-state index contributed by atoms with van der Waals surface area (Å²) in [5.74, 6) is 0.436. The Hall–Kier alpha value is -0.580. The van der Waals surface area contributed by atoms with Gasteiger partial charge in [-0.25, -0.2) is 0 Å². The SMILES string of the molecule is Nc1ccsc1CNC1CCCC1CO. The van der Waals surface area contributed by atoms with Crippen molar-refractivity contribution in [3.8, 4) is 0 Å². The zero-order valence-corrected chi connectivity index (χ0v) is 9.59. The van der Waals surface area contributed by atoms with Gasteiger partial charge in [-0.15, -0.1) is 11.3 Å². The molecule has 0 bridgehead atoms. The Kier molecular flexibility index (Phi) is 3.61. The van der Waals surface area contributed by atoms with Gasteiger partial charge in [0.1, 0.15) is 0 Å². The van der Waals surface area contributed by atoms with Gasteiger partial charge >= 0.3 is 0 Å². The van der Waals surface area contributed by atoms with Crippen molar-refractivity contribution in [2.75, 3.05) is 12.3 Å². The summed E-state index contributed by atoms with van der Waals surface area (Å²) in [7, 11) is 0. The first kappa shape index (κ1) is 10.9. The molecule has 84 valence electrons. The Bertz CT molecular complexity index is 313. The van der Waals surface area contributed by atoms with Crippen molar-refractivity contribution in [2.45, 2.75) is 31.8 Å². The summed E-state index contributed by atoms with van der Waals surface area (Å²) >= 11 is 1.69. The minimum atomic E-state index is 0.303. The molecule has 1 aliphatic carbocycles. The fourth-order valence-electron chi connectivity index (χ4n) is 2.24. The van der Waals surface area contributed by atoms with Crippen LogP contribution in [0.5, 0.6) is 0 Å². The molecule has 1 aromatic rings. The van der Waals surface area contributed by atoms with Gasteiger partial charge in [0.25, 0.3) is 0 Å². The maximum Gasteiger partial charge on any atom is 0.0474 e. The van der Waals surface area contributed by atoms with Crippen molar-refractivity contribution in [2.24, 2.45) is 5.92 Å². The topological polar surface area (TPSA) is 58.3 Å². The van der Waals surface area contributed by atoms with E-state index < -0.39 is 0 Å². The summed E-state index contributed by atoms with van der Waals surface area (Å²) in [6.07, 6.45) is 3.55. The minimum Gasteiger partial charge on any atom is -0.398 e. The maximum absolute atomic E-state index is 9.19. The average Bonchev–Trinajstić information content (AvgIpc) is 2.83. The number of aliphatic hydroxyl groups is 1. The molecule has 1 aliphatic rings. The quantitative estimate of drug-likeness (QED) is 0.730. The van der Waals surface area contributed by atoms with Crippen molar-refractivity contribution in [3.63, 3.8) is 0 Å². The van der Waals surface area contributed by atoms with E-state index in [0.29, 0.717) is 18.6 Å². The van der Waals surface area contributed by atoms with Crippen LogP contribution in [0.2, 0.25) is 0 Å². The van der Waals surface area contributed by atoms with Gasteiger partial charge in [0, 0.05) is 29.8 Å². The molecule has 1 heterocycles. The van der Waals surface area contributed by atoms with Gasteiger partial charge in [0.15, 0.2) is 0 Å². The molecule has 15 heavy (non-hydrogen) atoms. The molecular weight excluding hydrogens is 208 g/mol. The summed E-state index contributed by atoms with van der Waals surface area (Å²) in [4.78, 5) is 1.21. The number of hydrogen-bond acceptors (Lipinski definition) is 4. The van der Waals surface area contributed by atoms with Crippen LogP contribution in [0.4, 0.5) is 5.69 Å². The number of nitrogens with one attached hydrogen (secondary N) is 1. The molecule has 3 nitrogen and oxygen atoms in total. The lowest BCUT2D eigenvalue weighted by Crippen LogP contribution is -2.33. The Morgan fingerprint density at radius 2 is 2.40 bits per heavy atom. The van der Waals surface area contributed by atoms with Crippen LogP contribution in [0.1, 0.15) is 24.1 Å². The lowest BCUT2D eigenvalue weighted by atomic mass is 10.1. The molecule has 0 amide bonds. The van der Waals surface area contributed by atoms with Gasteiger partial charge in [-0.05, 0) is 30.2 Å². The average molecular weight is 226 g/mol. The van der Waals surface area contributed by atoms with Crippen molar-refractivity contribution in [1.29, 1.82) is 0 Å². The predicted molar refractivity (Wildman–Crippen MR) is 63.8 cm³/mol. The Labute approximate surface area is 94.3 Å². The van der Waals surface area contributed by atoms with E-state index in [4.69, 9.17) is 5.73 Å². The fraction of sp³-hybridized carbons (Fsp3) is 0.636. The number of thiophene rings is 1. The first-order valence-corrected chi connectivity index (χ1v) is 6.35. The molecule has 0 aromatic carbocycles. The van der Waals surface area contributed by atoms with Gasteiger partial charge < -0.3 is 16.2 Å². The molecule has 1 saturated carbocycles. The normalized spacial score (nSPS) is 25.9. The van der Waals surface area contributed by atoms with Crippen molar-refractivity contribution < 1.29 is 5.11 Å². The van der Waals surface area contributed by atoms with Gasteiger partial charge in [0.2, 0.25) is 0 Å². The molecule has 2 atom stereocenters. The van der Waals surface area contributed by atoms with E-state index in [9.17, 15) is 5.11 Å². The molecule has 1 fully saturated rings. The highest BCUT2D eigenvalue weighted by atomic mass is 32.1. The van der Waals surface area contributed by atoms with Gasteiger partial charge in [-0.2, -0.15) is 0 Å². The smallest absolute Gasteiger partial charge is 0.0474 e. The third kappa shape index (κ3) is 2.51. The van der Waals surface area contributed by atoms with E-state index in [-0.39, 0.29) is 0 Å². The highest BCUT2D eigenvalue weighted by Crippen LogP contribution is 2.26. The number of hydrogen-bond donors (Lipinski definition) is 3. The molecule has 2 rings (SSSR count). The number of anilines is 1. The molecule has 0 spiro atoms. The van der Waals surface area contributed by atoms with Crippen LogP contribution in [0.25, 0.3) is 0 Å². The first-order chi connectivity index (χ1) is 7.31. The second-order valence-corrected chi connectivity index (χ2v) is 5.16. The van der Waals surface area contributed by atoms with E-state index in [1.165, 1.54) is 17.7 Å². The van der Waals surface area contributed by atoms with Gasteiger partial charge in [0.05, 0.1) is 0 Å². The van der Waals surface area contributed by atoms with E-state index in [0.717, 1.165) is 18.7 Å². The Morgan fingerprint density at radius 1 is 1.53 bits per heavy atom. The zero-order valence-electron chi connectivity index (χ0n) is 8.78.